The first-order valence-corrected chi connectivity index (χ1v) is 6.29. The van der Waals surface area contributed by atoms with E-state index in [0.29, 0.717) is 17.2 Å². The van der Waals surface area contributed by atoms with Gasteiger partial charge in [-0.15, -0.1) is 0 Å². The van der Waals surface area contributed by atoms with Crippen LogP contribution >= 0.6 is 0 Å². The van der Waals surface area contributed by atoms with E-state index in [-0.39, 0.29) is 5.75 Å². The Bertz CT molecular complexity index is 768. The van der Waals surface area contributed by atoms with Gasteiger partial charge in [0.25, 0.3) is 0 Å². The molecule has 1 aromatic heterocycles. The molecule has 5 N–H and O–H groups in total. The Hall–Kier alpha value is -3.02. The van der Waals surface area contributed by atoms with Crippen molar-refractivity contribution in [2.24, 2.45) is 0 Å². The lowest BCUT2D eigenvalue weighted by Crippen LogP contribution is -1.91. The van der Waals surface area contributed by atoms with Crippen molar-refractivity contribution in [1.82, 2.24) is 10.2 Å². The van der Waals surface area contributed by atoms with Gasteiger partial charge in [-0.25, -0.2) is 4.39 Å². The minimum atomic E-state index is -0.686. The lowest BCUT2D eigenvalue weighted by Gasteiger charge is -2.03. The first-order chi connectivity index (χ1) is 10.1. The van der Waals surface area contributed by atoms with Gasteiger partial charge in [0, 0.05) is 23.5 Å². The second kappa shape index (κ2) is 5.16. The molecule has 106 valence electrons. The Labute approximate surface area is 120 Å². The summed E-state index contributed by atoms with van der Waals surface area (Å²) < 4.78 is 13.3. The van der Waals surface area contributed by atoms with Crippen LogP contribution in [0.2, 0.25) is 0 Å². The van der Waals surface area contributed by atoms with E-state index in [1.807, 2.05) is 12.1 Å². The summed E-state index contributed by atoms with van der Waals surface area (Å²) in [6.07, 6.45) is 0. The van der Waals surface area contributed by atoms with Crippen molar-refractivity contribution in [2.45, 2.75) is 0 Å². The lowest BCUT2D eigenvalue weighted by atomic mass is 10.1. The highest BCUT2D eigenvalue weighted by Gasteiger charge is 2.06. The fraction of sp³-hybridized carbons (Fsp3) is 0. The first-order valence-electron chi connectivity index (χ1n) is 6.29. The predicted molar refractivity (Wildman–Crippen MR) is 79.8 cm³/mol. The van der Waals surface area contributed by atoms with Crippen LogP contribution in [0.4, 0.5) is 21.6 Å². The smallest absolute Gasteiger partial charge is 0.166 e. The molecule has 0 aliphatic rings. The molecule has 0 unspecified atom stereocenters. The fourth-order valence-electron chi connectivity index (χ4n) is 1.93. The quantitative estimate of drug-likeness (QED) is 0.439. The zero-order valence-electron chi connectivity index (χ0n) is 11.0. The van der Waals surface area contributed by atoms with Gasteiger partial charge in [0.05, 0.1) is 5.69 Å². The molecule has 3 aromatic rings. The Balaban J connectivity index is 1.81. The number of H-pyrrole nitrogens is 1. The standard InChI is InChI=1S/C15H13FN4O/c16-12-7-11(5-6-14(12)21)18-15-8-13(19-20-15)9-1-3-10(17)4-2-9/h1-8,21H,17H2,(H2,18,19,20). The molecular weight excluding hydrogens is 271 g/mol. The Kier molecular flexibility index (Phi) is 3.19. The van der Waals surface area contributed by atoms with Crippen molar-refractivity contribution in [2.75, 3.05) is 11.1 Å². The lowest BCUT2D eigenvalue weighted by molar-refractivity contribution is 0.432. The molecular formula is C15H13FN4O. The zero-order chi connectivity index (χ0) is 14.8. The normalized spacial score (nSPS) is 10.5. The minimum Gasteiger partial charge on any atom is -0.505 e. The van der Waals surface area contributed by atoms with Crippen molar-refractivity contribution in [3.8, 4) is 17.0 Å². The van der Waals surface area contributed by atoms with Crippen molar-refractivity contribution >= 4 is 17.2 Å². The van der Waals surface area contributed by atoms with Gasteiger partial charge in [-0.2, -0.15) is 5.10 Å². The van der Waals surface area contributed by atoms with Crippen LogP contribution in [0.1, 0.15) is 0 Å². The molecule has 0 saturated heterocycles. The fourth-order valence-corrected chi connectivity index (χ4v) is 1.93. The van der Waals surface area contributed by atoms with Crippen LogP contribution < -0.4 is 11.1 Å². The third-order valence-corrected chi connectivity index (χ3v) is 3.02. The monoisotopic (exact) mass is 284 g/mol. The third-order valence-electron chi connectivity index (χ3n) is 3.02. The number of hydrogen-bond donors (Lipinski definition) is 4. The summed E-state index contributed by atoms with van der Waals surface area (Å²) in [5.41, 5.74) is 8.60. The van der Waals surface area contributed by atoms with Crippen LogP contribution in [-0.2, 0) is 0 Å². The molecule has 0 bridgehead atoms. The zero-order valence-corrected chi connectivity index (χ0v) is 11.0. The number of nitrogens with two attached hydrogens (primary N) is 1. The predicted octanol–water partition coefficient (Wildman–Crippen LogP) is 3.25. The number of nitrogen functional groups attached to an aromatic ring is 1. The highest BCUT2D eigenvalue weighted by molar-refractivity contribution is 5.67. The maximum absolute atomic E-state index is 13.3. The maximum Gasteiger partial charge on any atom is 0.166 e. The van der Waals surface area contributed by atoms with Gasteiger partial charge in [0.1, 0.15) is 0 Å². The molecule has 0 aliphatic carbocycles. The topological polar surface area (TPSA) is 87.0 Å². The van der Waals surface area contributed by atoms with Crippen molar-refractivity contribution < 1.29 is 9.50 Å². The number of aromatic hydroxyl groups is 1. The molecule has 21 heavy (non-hydrogen) atoms. The number of phenolic OH excluding ortho intramolecular Hbond substituents is 1. The van der Waals surface area contributed by atoms with Gasteiger partial charge in [-0.3, -0.25) is 5.10 Å². The molecule has 0 amide bonds. The molecule has 0 saturated carbocycles. The second-order valence-corrected chi connectivity index (χ2v) is 4.58. The second-order valence-electron chi connectivity index (χ2n) is 4.58. The van der Waals surface area contributed by atoms with Crippen LogP contribution in [0.25, 0.3) is 11.3 Å². The molecule has 0 aliphatic heterocycles. The van der Waals surface area contributed by atoms with Crippen LogP contribution in [-0.4, -0.2) is 15.3 Å². The number of aromatic nitrogens is 2. The highest BCUT2D eigenvalue weighted by atomic mass is 19.1. The van der Waals surface area contributed by atoms with Crippen LogP contribution in [0.15, 0.2) is 48.5 Å². The van der Waals surface area contributed by atoms with Crippen LogP contribution in [0.5, 0.6) is 5.75 Å². The molecule has 0 atom stereocenters. The summed E-state index contributed by atoms with van der Waals surface area (Å²) in [6.45, 7) is 0. The van der Waals surface area contributed by atoms with E-state index in [0.717, 1.165) is 11.3 Å². The number of benzene rings is 2. The number of rotatable bonds is 3. The van der Waals surface area contributed by atoms with Gasteiger partial charge < -0.3 is 16.2 Å². The Morgan fingerprint density at radius 2 is 1.86 bits per heavy atom. The van der Waals surface area contributed by atoms with Crippen molar-refractivity contribution in [1.29, 1.82) is 0 Å². The maximum atomic E-state index is 13.3. The first kappa shape index (κ1) is 13.0. The van der Waals surface area contributed by atoms with E-state index >= 15 is 0 Å². The molecule has 1 heterocycles. The number of aromatic amines is 1. The molecule has 0 spiro atoms. The molecule has 5 nitrogen and oxygen atoms in total. The SMILES string of the molecule is Nc1ccc(-c2cc(Nc3ccc(O)c(F)c3)n[nH]2)cc1. The summed E-state index contributed by atoms with van der Waals surface area (Å²) in [7, 11) is 0. The average Bonchev–Trinajstić information content (AvgIpc) is 2.92. The summed E-state index contributed by atoms with van der Waals surface area (Å²) >= 11 is 0. The van der Waals surface area contributed by atoms with Gasteiger partial charge >= 0.3 is 0 Å². The third kappa shape index (κ3) is 2.79. The number of halogens is 1. The van der Waals surface area contributed by atoms with E-state index in [1.165, 1.54) is 12.1 Å². The number of phenols is 1. The molecule has 2 aromatic carbocycles. The van der Waals surface area contributed by atoms with E-state index in [2.05, 4.69) is 15.5 Å². The van der Waals surface area contributed by atoms with Crippen molar-refractivity contribution in [3.63, 3.8) is 0 Å². The van der Waals surface area contributed by atoms with E-state index in [9.17, 15) is 4.39 Å². The largest absolute Gasteiger partial charge is 0.505 e. The molecule has 6 heteroatoms. The molecule has 0 radical (unpaired) electrons. The molecule has 0 fully saturated rings. The Morgan fingerprint density at radius 1 is 1.10 bits per heavy atom. The van der Waals surface area contributed by atoms with E-state index in [4.69, 9.17) is 10.8 Å². The summed E-state index contributed by atoms with van der Waals surface area (Å²) in [4.78, 5) is 0. The average molecular weight is 284 g/mol. The number of nitrogens with zero attached hydrogens (tertiary/aromatic N) is 1. The van der Waals surface area contributed by atoms with Gasteiger partial charge in [0.15, 0.2) is 17.4 Å². The summed E-state index contributed by atoms with van der Waals surface area (Å²) in [5.74, 6) is -0.522. The van der Waals surface area contributed by atoms with E-state index < -0.39 is 5.82 Å². The molecule has 3 rings (SSSR count). The number of nitrogens with one attached hydrogen (secondary N) is 2. The summed E-state index contributed by atoms with van der Waals surface area (Å²) in [5, 5.41) is 19.1. The summed E-state index contributed by atoms with van der Waals surface area (Å²) in [6, 6.07) is 13.2. The van der Waals surface area contributed by atoms with Crippen LogP contribution in [0.3, 0.4) is 0 Å². The van der Waals surface area contributed by atoms with E-state index in [1.54, 1.807) is 24.3 Å². The highest BCUT2D eigenvalue weighted by Crippen LogP contribution is 2.25. The van der Waals surface area contributed by atoms with Gasteiger partial charge in [-0.1, -0.05) is 12.1 Å². The van der Waals surface area contributed by atoms with Gasteiger partial charge in [0.2, 0.25) is 0 Å². The number of anilines is 3. The number of hydrogen-bond acceptors (Lipinski definition) is 4. The van der Waals surface area contributed by atoms with Gasteiger partial charge in [-0.05, 0) is 29.8 Å². The Morgan fingerprint density at radius 3 is 2.57 bits per heavy atom. The van der Waals surface area contributed by atoms with Crippen molar-refractivity contribution in [3.05, 3.63) is 54.3 Å². The minimum absolute atomic E-state index is 0.384. The van der Waals surface area contributed by atoms with Crippen LogP contribution in [0, 0.1) is 5.82 Å².